The van der Waals surface area contributed by atoms with E-state index in [4.69, 9.17) is 10.3 Å². The minimum atomic E-state index is -0.684. The highest BCUT2D eigenvalue weighted by atomic mass is 16.6. The molecule has 0 aliphatic heterocycles. The van der Waals surface area contributed by atoms with Crippen molar-refractivity contribution in [3.8, 4) is 0 Å². The van der Waals surface area contributed by atoms with Gasteiger partial charge >= 0.3 is 17.3 Å². The maximum Gasteiger partial charge on any atom is 0.348 e. The summed E-state index contributed by atoms with van der Waals surface area (Å²) in [6, 6.07) is 1.45. The van der Waals surface area contributed by atoms with Gasteiger partial charge in [0.2, 0.25) is 0 Å². The third-order valence-corrected chi connectivity index (χ3v) is 2.48. The molecule has 0 unspecified atom stereocenters. The highest BCUT2D eigenvalue weighted by Crippen LogP contribution is 2.12. The van der Waals surface area contributed by atoms with Crippen molar-refractivity contribution >= 4 is 11.6 Å². The number of aromatic nitrogens is 2. The fourth-order valence-electron chi connectivity index (χ4n) is 1.56. The van der Waals surface area contributed by atoms with Crippen LogP contribution in [-0.2, 0) is 6.54 Å². The first-order valence-corrected chi connectivity index (χ1v) is 5.31. The summed E-state index contributed by atoms with van der Waals surface area (Å²) in [4.78, 5) is 36.3. The summed E-state index contributed by atoms with van der Waals surface area (Å²) in [5, 5.41) is 10.6. The van der Waals surface area contributed by atoms with Crippen LogP contribution in [-0.4, -0.2) is 20.4 Å². The average Bonchev–Trinajstić information content (AvgIpc) is 2.88. The van der Waals surface area contributed by atoms with Crippen LogP contribution >= 0.6 is 0 Å². The molecular weight excluding hydrogens is 270 g/mol. The van der Waals surface area contributed by atoms with E-state index in [9.17, 15) is 19.7 Å². The summed E-state index contributed by atoms with van der Waals surface area (Å²) in [6.45, 7) is -0.104. The van der Waals surface area contributed by atoms with Gasteiger partial charge in [0.15, 0.2) is 5.76 Å². The van der Waals surface area contributed by atoms with Gasteiger partial charge in [0.1, 0.15) is 6.20 Å². The Labute approximate surface area is 110 Å². The highest BCUT2D eigenvalue weighted by molar-refractivity contribution is 5.92. The van der Waals surface area contributed by atoms with Gasteiger partial charge in [-0.1, -0.05) is 0 Å². The number of hydrogen-bond acceptors (Lipinski definition) is 7. The topological polar surface area (TPSA) is 146 Å². The van der Waals surface area contributed by atoms with Gasteiger partial charge in [0.05, 0.1) is 23.9 Å². The molecule has 3 N–H and O–H groups in total. The molecule has 0 aliphatic rings. The Morgan fingerprint density at radius 1 is 1.60 bits per heavy atom. The maximum absolute atomic E-state index is 11.5. The molecule has 0 atom stereocenters. The van der Waals surface area contributed by atoms with Crippen LogP contribution in [0.4, 0.5) is 5.69 Å². The molecule has 0 saturated carbocycles. The molecule has 104 valence electrons. The zero-order chi connectivity index (χ0) is 14.7. The van der Waals surface area contributed by atoms with Crippen LogP contribution in [0.3, 0.4) is 0 Å². The smallest absolute Gasteiger partial charge is 0.348 e. The lowest BCUT2D eigenvalue weighted by Gasteiger charge is -2.04. The largest absolute Gasteiger partial charge is 0.459 e. The molecule has 2 aromatic rings. The first-order valence-electron chi connectivity index (χ1n) is 5.31. The number of nitrogens with two attached hydrogens (primary N) is 1. The molecule has 0 saturated heterocycles. The molecule has 2 rings (SSSR count). The summed E-state index contributed by atoms with van der Waals surface area (Å²) in [5.74, 6) is 4.24. The molecule has 0 radical (unpaired) electrons. The lowest BCUT2D eigenvalue weighted by molar-refractivity contribution is -0.385. The Kier molecular flexibility index (Phi) is 3.57. The van der Waals surface area contributed by atoms with E-state index in [0.29, 0.717) is 5.56 Å². The predicted molar refractivity (Wildman–Crippen MR) is 64.6 cm³/mol. The third-order valence-electron chi connectivity index (χ3n) is 2.48. The molecule has 10 nitrogen and oxygen atoms in total. The molecule has 0 bridgehead atoms. The van der Waals surface area contributed by atoms with Crippen molar-refractivity contribution in [1.29, 1.82) is 0 Å². The fourth-order valence-corrected chi connectivity index (χ4v) is 1.56. The van der Waals surface area contributed by atoms with Crippen molar-refractivity contribution in [2.45, 2.75) is 6.54 Å². The van der Waals surface area contributed by atoms with Gasteiger partial charge in [-0.25, -0.2) is 10.6 Å². The zero-order valence-corrected chi connectivity index (χ0v) is 9.98. The Balaban J connectivity index is 2.38. The predicted octanol–water partition coefficient (Wildman–Crippen LogP) is -0.604. The fraction of sp³-hybridized carbons (Fsp3) is 0.100. The van der Waals surface area contributed by atoms with Crippen molar-refractivity contribution in [3.63, 3.8) is 0 Å². The maximum atomic E-state index is 11.5. The molecule has 0 aliphatic carbocycles. The van der Waals surface area contributed by atoms with Crippen molar-refractivity contribution < 1.29 is 14.1 Å². The van der Waals surface area contributed by atoms with Crippen LogP contribution < -0.4 is 17.0 Å². The number of hydrogen-bond donors (Lipinski definition) is 2. The zero-order valence-electron chi connectivity index (χ0n) is 9.98. The number of nitro groups is 1. The van der Waals surface area contributed by atoms with Crippen molar-refractivity contribution in [3.05, 3.63) is 56.6 Å². The van der Waals surface area contributed by atoms with Crippen molar-refractivity contribution in [2.24, 2.45) is 5.84 Å². The summed E-state index contributed by atoms with van der Waals surface area (Å²) in [7, 11) is 0. The number of furan rings is 1. The normalized spacial score (nSPS) is 10.2. The number of carbonyl (C=O) groups excluding carboxylic acids is 1. The first-order chi connectivity index (χ1) is 9.52. The molecule has 0 spiro atoms. The van der Waals surface area contributed by atoms with Crippen LogP contribution in [0.1, 0.15) is 16.1 Å². The van der Waals surface area contributed by atoms with Gasteiger partial charge in [-0.2, -0.15) is 4.98 Å². The molecular formula is C10H9N5O5. The van der Waals surface area contributed by atoms with E-state index in [1.807, 2.05) is 5.43 Å². The van der Waals surface area contributed by atoms with Crippen LogP contribution in [0.15, 0.2) is 33.9 Å². The monoisotopic (exact) mass is 279 g/mol. The van der Waals surface area contributed by atoms with Gasteiger partial charge in [0, 0.05) is 5.56 Å². The number of nitrogens with one attached hydrogen (secondary N) is 1. The summed E-state index contributed by atoms with van der Waals surface area (Å²) < 4.78 is 5.94. The molecule has 20 heavy (non-hydrogen) atoms. The standard InChI is InChI=1S/C10H9N5O5/c11-13-9(16)8-6(1-2-20-8)4-14-5-7(15(18)19)3-12-10(14)17/h1-3,5H,4,11H2,(H,13,16). The SMILES string of the molecule is NNC(=O)c1occc1Cn1cc([N+](=O)[O-])cnc1=O. The highest BCUT2D eigenvalue weighted by Gasteiger charge is 2.16. The molecule has 0 fully saturated rings. The number of nitrogens with zero attached hydrogens (tertiary/aromatic N) is 3. The molecule has 2 heterocycles. The second-order valence-electron chi connectivity index (χ2n) is 3.73. The van der Waals surface area contributed by atoms with Crippen LogP contribution in [0, 0.1) is 10.1 Å². The average molecular weight is 279 g/mol. The van der Waals surface area contributed by atoms with Gasteiger partial charge in [-0.05, 0) is 6.07 Å². The van der Waals surface area contributed by atoms with E-state index >= 15 is 0 Å². The third kappa shape index (κ3) is 2.54. The van der Waals surface area contributed by atoms with Gasteiger partial charge < -0.3 is 4.42 Å². The number of hydrazine groups is 1. The number of amides is 1. The molecule has 0 aromatic carbocycles. The quantitative estimate of drug-likeness (QED) is 0.328. The molecule has 10 heteroatoms. The van der Waals surface area contributed by atoms with Crippen LogP contribution in [0.5, 0.6) is 0 Å². The number of carbonyl (C=O) groups is 1. The minimum absolute atomic E-state index is 0.0779. The van der Waals surface area contributed by atoms with Crippen molar-refractivity contribution in [2.75, 3.05) is 0 Å². The van der Waals surface area contributed by atoms with E-state index in [1.54, 1.807) is 0 Å². The second kappa shape index (κ2) is 5.32. The number of rotatable bonds is 4. The lowest BCUT2D eigenvalue weighted by atomic mass is 10.2. The summed E-state index contributed by atoms with van der Waals surface area (Å²) >= 11 is 0. The van der Waals surface area contributed by atoms with E-state index < -0.39 is 16.5 Å². The minimum Gasteiger partial charge on any atom is -0.459 e. The van der Waals surface area contributed by atoms with E-state index in [2.05, 4.69) is 4.98 Å². The van der Waals surface area contributed by atoms with Gasteiger partial charge in [-0.15, -0.1) is 0 Å². The van der Waals surface area contributed by atoms with E-state index in [-0.39, 0.29) is 18.0 Å². The Hall–Kier alpha value is -3.01. The Morgan fingerprint density at radius 2 is 2.35 bits per heavy atom. The van der Waals surface area contributed by atoms with Crippen LogP contribution in [0.25, 0.3) is 0 Å². The Morgan fingerprint density at radius 3 is 3.00 bits per heavy atom. The van der Waals surface area contributed by atoms with Gasteiger partial charge in [-0.3, -0.25) is 24.9 Å². The van der Waals surface area contributed by atoms with Gasteiger partial charge in [0.25, 0.3) is 0 Å². The van der Waals surface area contributed by atoms with E-state index in [0.717, 1.165) is 17.0 Å². The lowest BCUT2D eigenvalue weighted by Crippen LogP contribution is -2.31. The molecule has 2 aromatic heterocycles. The molecule has 1 amide bonds. The first kappa shape index (κ1) is 13.4. The van der Waals surface area contributed by atoms with Crippen molar-refractivity contribution in [1.82, 2.24) is 15.0 Å². The summed E-state index contributed by atoms with van der Waals surface area (Å²) in [6.07, 6.45) is 3.14. The second-order valence-corrected chi connectivity index (χ2v) is 3.73. The van der Waals surface area contributed by atoms with E-state index in [1.165, 1.54) is 12.3 Å². The number of nitrogen functional groups attached to an aromatic ring is 1. The Bertz CT molecular complexity index is 719. The van der Waals surface area contributed by atoms with Crippen LogP contribution in [0.2, 0.25) is 0 Å². The summed E-state index contributed by atoms with van der Waals surface area (Å²) in [5.41, 5.74) is 1.22.